The average Bonchev–Trinajstić information content (AvgIpc) is 2.69. The van der Waals surface area contributed by atoms with Crippen LogP contribution in [0.2, 0.25) is 0 Å². The fourth-order valence-corrected chi connectivity index (χ4v) is 2.99. The lowest BCUT2D eigenvalue weighted by Crippen LogP contribution is -2.29. The number of rotatable bonds is 3. The van der Waals surface area contributed by atoms with E-state index in [0.29, 0.717) is 11.2 Å². The molecule has 15 heavy (non-hydrogen) atoms. The molecular weight excluding hydrogens is 282 g/mol. The molecule has 1 aliphatic rings. The van der Waals surface area contributed by atoms with Gasteiger partial charge >= 0.3 is 0 Å². The summed E-state index contributed by atoms with van der Waals surface area (Å²) in [5, 5.41) is 4.34. The third-order valence-corrected chi connectivity index (χ3v) is 3.92. The van der Waals surface area contributed by atoms with Gasteiger partial charge in [0.15, 0.2) is 14.5 Å². The molecule has 0 radical (unpaired) electrons. The quantitative estimate of drug-likeness (QED) is 0.916. The maximum absolute atomic E-state index is 11.1. The Morgan fingerprint density at radius 2 is 2.33 bits per heavy atom. The van der Waals surface area contributed by atoms with E-state index in [4.69, 9.17) is 4.42 Å². The Balaban J connectivity index is 1.88. The molecule has 1 aromatic heterocycles. The second kappa shape index (κ2) is 4.11. The molecule has 0 bridgehead atoms. The molecule has 0 saturated heterocycles. The van der Waals surface area contributed by atoms with Crippen LogP contribution in [0.3, 0.4) is 0 Å². The minimum atomic E-state index is -2.98. The van der Waals surface area contributed by atoms with Gasteiger partial charge in [-0.1, -0.05) is 6.08 Å². The van der Waals surface area contributed by atoms with Crippen LogP contribution >= 0.6 is 15.9 Å². The van der Waals surface area contributed by atoms with E-state index in [-0.39, 0.29) is 11.8 Å². The fraction of sp³-hybridized carbons (Fsp3) is 0.333. The van der Waals surface area contributed by atoms with Gasteiger partial charge in [-0.2, -0.15) is 0 Å². The summed E-state index contributed by atoms with van der Waals surface area (Å²) in [6.45, 7) is 0.524. The first-order chi connectivity index (χ1) is 7.05. The molecule has 0 amide bonds. The Morgan fingerprint density at radius 3 is 2.87 bits per heavy atom. The lowest BCUT2D eigenvalue weighted by Gasteiger charge is -2.07. The summed E-state index contributed by atoms with van der Waals surface area (Å²) < 4.78 is 28.1. The summed E-state index contributed by atoms with van der Waals surface area (Å²) in [5.74, 6) is 0.911. The summed E-state index contributed by atoms with van der Waals surface area (Å²) in [5.41, 5.74) is 0. The summed E-state index contributed by atoms with van der Waals surface area (Å²) in [6, 6.07) is 3.53. The third kappa shape index (κ3) is 2.93. The molecule has 2 heterocycles. The predicted octanol–water partition coefficient (Wildman–Crippen LogP) is 1.44. The Bertz CT molecular complexity index is 477. The number of sulfone groups is 1. The minimum Gasteiger partial charge on any atom is -0.453 e. The van der Waals surface area contributed by atoms with Crippen LogP contribution in [0, 0.1) is 0 Å². The third-order valence-electron chi connectivity index (χ3n) is 2.10. The van der Waals surface area contributed by atoms with Crippen LogP contribution in [0.4, 0.5) is 0 Å². The van der Waals surface area contributed by atoms with Gasteiger partial charge in [0.1, 0.15) is 5.76 Å². The fourth-order valence-electron chi connectivity index (χ4n) is 1.38. The lowest BCUT2D eigenvalue weighted by molar-refractivity contribution is 0.458. The van der Waals surface area contributed by atoms with Crippen LogP contribution in [0.15, 0.2) is 32.7 Å². The van der Waals surface area contributed by atoms with Crippen LogP contribution in [0.25, 0.3) is 0 Å². The summed E-state index contributed by atoms with van der Waals surface area (Å²) in [4.78, 5) is 0. The molecule has 6 heteroatoms. The highest BCUT2D eigenvalue weighted by atomic mass is 79.9. The number of hydrogen-bond donors (Lipinski definition) is 1. The molecule has 0 aliphatic carbocycles. The van der Waals surface area contributed by atoms with Gasteiger partial charge in [-0.3, -0.25) is 0 Å². The first kappa shape index (κ1) is 10.9. The SMILES string of the molecule is O=S1(=O)C=CC(NCc2ccc(Br)o2)C1. The van der Waals surface area contributed by atoms with E-state index in [1.807, 2.05) is 6.07 Å². The van der Waals surface area contributed by atoms with Crippen molar-refractivity contribution in [1.29, 1.82) is 0 Å². The molecule has 4 nitrogen and oxygen atoms in total. The lowest BCUT2D eigenvalue weighted by atomic mass is 10.3. The molecule has 0 saturated carbocycles. The molecular formula is C9H10BrNO3S. The Labute approximate surface area is 96.4 Å². The van der Waals surface area contributed by atoms with E-state index in [1.165, 1.54) is 5.41 Å². The maximum atomic E-state index is 11.1. The molecule has 1 aromatic rings. The van der Waals surface area contributed by atoms with E-state index in [1.54, 1.807) is 12.1 Å². The van der Waals surface area contributed by atoms with Crippen molar-refractivity contribution in [1.82, 2.24) is 5.32 Å². The zero-order chi connectivity index (χ0) is 10.9. The van der Waals surface area contributed by atoms with Crippen LogP contribution in [0.1, 0.15) is 5.76 Å². The van der Waals surface area contributed by atoms with Gasteiger partial charge in [-0.25, -0.2) is 8.42 Å². The van der Waals surface area contributed by atoms with E-state index >= 15 is 0 Å². The van der Waals surface area contributed by atoms with E-state index in [0.717, 1.165) is 5.76 Å². The Morgan fingerprint density at radius 1 is 1.53 bits per heavy atom. The molecule has 0 spiro atoms. The molecule has 1 unspecified atom stereocenters. The van der Waals surface area contributed by atoms with Crippen LogP contribution < -0.4 is 5.32 Å². The van der Waals surface area contributed by atoms with Crippen LogP contribution in [0.5, 0.6) is 0 Å². The van der Waals surface area contributed by atoms with Gasteiger partial charge in [0.05, 0.1) is 12.3 Å². The standard InChI is InChI=1S/C9H10BrNO3S/c10-9-2-1-8(14-9)5-11-7-3-4-15(12,13)6-7/h1-4,7,11H,5-6H2. The molecule has 82 valence electrons. The second-order valence-corrected chi connectivity index (χ2v) is 6.06. The smallest absolute Gasteiger partial charge is 0.173 e. The van der Waals surface area contributed by atoms with Crippen molar-refractivity contribution in [3.8, 4) is 0 Å². The van der Waals surface area contributed by atoms with Gasteiger partial charge in [-0.15, -0.1) is 0 Å². The topological polar surface area (TPSA) is 59.3 Å². The zero-order valence-corrected chi connectivity index (χ0v) is 10.2. The van der Waals surface area contributed by atoms with Gasteiger partial charge in [-0.05, 0) is 28.1 Å². The van der Waals surface area contributed by atoms with Crippen molar-refractivity contribution in [3.63, 3.8) is 0 Å². The van der Waals surface area contributed by atoms with E-state index in [2.05, 4.69) is 21.2 Å². The Kier molecular flexibility index (Phi) is 2.99. The van der Waals surface area contributed by atoms with E-state index in [9.17, 15) is 8.42 Å². The summed E-state index contributed by atoms with van der Waals surface area (Å²) in [7, 11) is -2.98. The number of nitrogens with one attached hydrogen (secondary N) is 1. The van der Waals surface area contributed by atoms with Crippen molar-refractivity contribution in [2.75, 3.05) is 5.75 Å². The summed E-state index contributed by atoms with van der Waals surface area (Å²) >= 11 is 3.20. The predicted molar refractivity (Wildman–Crippen MR) is 60.0 cm³/mol. The van der Waals surface area contributed by atoms with Crippen LogP contribution in [-0.4, -0.2) is 20.2 Å². The summed E-state index contributed by atoms with van der Waals surface area (Å²) in [6.07, 6.45) is 1.66. The molecule has 2 rings (SSSR count). The van der Waals surface area contributed by atoms with Gasteiger partial charge in [0, 0.05) is 11.4 Å². The maximum Gasteiger partial charge on any atom is 0.173 e. The highest BCUT2D eigenvalue weighted by Crippen LogP contribution is 2.14. The van der Waals surface area contributed by atoms with Gasteiger partial charge in [0.2, 0.25) is 0 Å². The molecule has 1 N–H and O–H groups in total. The second-order valence-electron chi connectivity index (χ2n) is 3.35. The van der Waals surface area contributed by atoms with Crippen molar-refractivity contribution < 1.29 is 12.8 Å². The van der Waals surface area contributed by atoms with Crippen molar-refractivity contribution >= 4 is 25.8 Å². The molecule has 0 aromatic carbocycles. The van der Waals surface area contributed by atoms with Crippen molar-refractivity contribution in [3.05, 3.63) is 34.0 Å². The van der Waals surface area contributed by atoms with Crippen molar-refractivity contribution in [2.24, 2.45) is 0 Å². The molecule has 1 aliphatic heterocycles. The first-order valence-corrected chi connectivity index (χ1v) is 6.94. The Hall–Kier alpha value is -0.590. The number of furan rings is 1. The number of halogens is 1. The zero-order valence-electron chi connectivity index (χ0n) is 7.81. The molecule has 0 fully saturated rings. The highest BCUT2D eigenvalue weighted by Gasteiger charge is 2.21. The minimum absolute atomic E-state index is 0.112. The van der Waals surface area contributed by atoms with E-state index < -0.39 is 9.84 Å². The van der Waals surface area contributed by atoms with Crippen molar-refractivity contribution in [2.45, 2.75) is 12.6 Å². The van der Waals surface area contributed by atoms with Gasteiger partial charge in [0.25, 0.3) is 0 Å². The normalized spacial score (nSPS) is 23.4. The monoisotopic (exact) mass is 291 g/mol. The van der Waals surface area contributed by atoms with Crippen LogP contribution in [-0.2, 0) is 16.4 Å². The average molecular weight is 292 g/mol. The number of hydrogen-bond acceptors (Lipinski definition) is 4. The van der Waals surface area contributed by atoms with Gasteiger partial charge < -0.3 is 9.73 Å². The molecule has 1 atom stereocenters. The first-order valence-electron chi connectivity index (χ1n) is 4.44. The largest absolute Gasteiger partial charge is 0.453 e. The highest BCUT2D eigenvalue weighted by molar-refractivity contribution is 9.10.